The molecular weight excluding hydrogens is 366 g/mol. The summed E-state index contributed by atoms with van der Waals surface area (Å²) in [6.45, 7) is 3.64. The molecule has 3 aromatic rings. The van der Waals surface area contributed by atoms with Gasteiger partial charge in [0.1, 0.15) is 18.2 Å². The van der Waals surface area contributed by atoms with E-state index in [0.29, 0.717) is 25.6 Å². The van der Waals surface area contributed by atoms with E-state index in [4.69, 9.17) is 14.2 Å². The molecule has 2 aromatic carbocycles. The molecule has 1 N–H and O–H groups in total. The molecule has 3 heterocycles. The zero-order valence-electron chi connectivity index (χ0n) is 16.2. The van der Waals surface area contributed by atoms with Gasteiger partial charge in [-0.1, -0.05) is 60.7 Å². The highest BCUT2D eigenvalue weighted by atomic mass is 16.7. The Bertz CT molecular complexity index is 975. The average molecular weight is 389 g/mol. The number of ether oxygens (including phenoxy) is 3. The zero-order valence-corrected chi connectivity index (χ0v) is 16.2. The molecule has 1 saturated heterocycles. The van der Waals surface area contributed by atoms with Gasteiger partial charge in [-0.15, -0.1) is 0 Å². The number of anilines is 1. The van der Waals surface area contributed by atoms with Crippen LogP contribution in [-0.2, 0) is 9.47 Å². The summed E-state index contributed by atoms with van der Waals surface area (Å²) >= 11 is 0. The smallest absolute Gasteiger partial charge is 0.223 e. The summed E-state index contributed by atoms with van der Waals surface area (Å²) in [5.41, 5.74) is 3.24. The Balaban J connectivity index is 1.54. The van der Waals surface area contributed by atoms with Gasteiger partial charge in [-0.25, -0.2) is 9.97 Å². The largest absolute Gasteiger partial charge is 0.468 e. The van der Waals surface area contributed by atoms with Crippen molar-refractivity contribution in [1.29, 1.82) is 0 Å². The van der Waals surface area contributed by atoms with E-state index in [0.717, 1.165) is 22.5 Å². The van der Waals surface area contributed by atoms with Gasteiger partial charge in [-0.05, 0) is 18.1 Å². The minimum atomic E-state index is -0.654. The van der Waals surface area contributed by atoms with Crippen LogP contribution in [-0.4, -0.2) is 35.5 Å². The predicted octanol–water partition coefficient (Wildman–Crippen LogP) is 3.92. The Morgan fingerprint density at radius 3 is 2.28 bits per heavy atom. The SMILES string of the molecule is CC1(CNc2ncnc3c2C(c2ccccc2)C(c2ccccc2)O3)OCCO1. The molecule has 0 saturated carbocycles. The lowest BCUT2D eigenvalue weighted by Crippen LogP contribution is -2.35. The minimum absolute atomic E-state index is 0.0180. The number of benzene rings is 2. The highest BCUT2D eigenvalue weighted by Crippen LogP contribution is 2.50. The summed E-state index contributed by atoms with van der Waals surface area (Å²) in [4.78, 5) is 8.97. The maximum atomic E-state index is 6.34. The average Bonchev–Trinajstić information content (AvgIpc) is 3.38. The van der Waals surface area contributed by atoms with E-state index in [1.807, 2.05) is 43.3 Å². The van der Waals surface area contributed by atoms with Crippen molar-refractivity contribution < 1.29 is 14.2 Å². The Morgan fingerprint density at radius 2 is 1.59 bits per heavy atom. The van der Waals surface area contributed by atoms with E-state index in [1.54, 1.807) is 0 Å². The lowest BCUT2D eigenvalue weighted by molar-refractivity contribution is -0.129. The quantitative estimate of drug-likeness (QED) is 0.714. The Hall–Kier alpha value is -2.96. The fourth-order valence-corrected chi connectivity index (χ4v) is 4.04. The highest BCUT2D eigenvalue weighted by Gasteiger charge is 2.41. The molecule has 6 nitrogen and oxygen atoms in total. The summed E-state index contributed by atoms with van der Waals surface area (Å²) in [6, 6.07) is 20.6. The first kappa shape index (κ1) is 18.1. The van der Waals surface area contributed by atoms with Gasteiger partial charge < -0.3 is 19.5 Å². The van der Waals surface area contributed by atoms with Crippen LogP contribution in [0.5, 0.6) is 5.88 Å². The van der Waals surface area contributed by atoms with E-state index in [-0.39, 0.29) is 12.0 Å². The van der Waals surface area contributed by atoms with E-state index < -0.39 is 5.79 Å². The number of nitrogens with zero attached hydrogens (tertiary/aromatic N) is 2. The topological polar surface area (TPSA) is 65.5 Å². The van der Waals surface area contributed by atoms with Crippen LogP contribution in [0.3, 0.4) is 0 Å². The van der Waals surface area contributed by atoms with Crippen molar-refractivity contribution in [3.63, 3.8) is 0 Å². The predicted molar refractivity (Wildman–Crippen MR) is 109 cm³/mol. The molecule has 6 heteroatoms. The van der Waals surface area contributed by atoms with E-state index in [2.05, 4.69) is 39.6 Å². The van der Waals surface area contributed by atoms with Crippen LogP contribution in [0.1, 0.15) is 35.6 Å². The number of rotatable bonds is 5. The molecule has 0 aliphatic carbocycles. The Morgan fingerprint density at radius 1 is 0.931 bits per heavy atom. The summed E-state index contributed by atoms with van der Waals surface area (Å²) in [7, 11) is 0. The Kier molecular flexibility index (Phi) is 4.66. The Labute approximate surface area is 169 Å². The first-order valence-corrected chi connectivity index (χ1v) is 9.87. The third-order valence-electron chi connectivity index (χ3n) is 5.46. The van der Waals surface area contributed by atoms with Crippen molar-refractivity contribution >= 4 is 5.82 Å². The van der Waals surface area contributed by atoms with Crippen molar-refractivity contribution in [1.82, 2.24) is 9.97 Å². The van der Waals surface area contributed by atoms with E-state index in [1.165, 1.54) is 6.33 Å². The maximum absolute atomic E-state index is 6.34. The molecule has 2 aliphatic heterocycles. The van der Waals surface area contributed by atoms with Crippen LogP contribution in [0.25, 0.3) is 0 Å². The summed E-state index contributed by atoms with van der Waals surface area (Å²) < 4.78 is 17.8. The molecule has 29 heavy (non-hydrogen) atoms. The lowest BCUT2D eigenvalue weighted by atomic mass is 9.86. The monoisotopic (exact) mass is 389 g/mol. The third kappa shape index (κ3) is 3.45. The van der Waals surface area contributed by atoms with Gasteiger partial charge in [-0.2, -0.15) is 0 Å². The van der Waals surface area contributed by atoms with Crippen LogP contribution in [0.4, 0.5) is 5.82 Å². The van der Waals surface area contributed by atoms with Gasteiger partial charge in [0.15, 0.2) is 5.79 Å². The number of nitrogens with one attached hydrogen (secondary N) is 1. The van der Waals surface area contributed by atoms with Gasteiger partial charge in [0, 0.05) is 0 Å². The molecule has 0 radical (unpaired) electrons. The van der Waals surface area contributed by atoms with Crippen LogP contribution in [0.2, 0.25) is 0 Å². The van der Waals surface area contributed by atoms with E-state index in [9.17, 15) is 0 Å². The minimum Gasteiger partial charge on any atom is -0.468 e. The molecule has 5 rings (SSSR count). The standard InChI is InChI=1S/C23H23N3O3/c1-23(27-12-13-28-23)14-24-21-19-18(16-8-4-2-5-9-16)20(17-10-6-3-7-11-17)29-22(19)26-15-25-21/h2-11,15,18,20H,12-14H2,1H3,(H,24,25,26). The van der Waals surface area contributed by atoms with Crippen molar-refractivity contribution in [2.45, 2.75) is 24.7 Å². The molecular formula is C23H23N3O3. The van der Waals surface area contributed by atoms with Crippen molar-refractivity contribution in [3.05, 3.63) is 83.7 Å². The zero-order chi connectivity index (χ0) is 19.7. The molecule has 2 unspecified atom stereocenters. The number of hydrogen-bond acceptors (Lipinski definition) is 6. The van der Waals surface area contributed by atoms with Crippen LogP contribution >= 0.6 is 0 Å². The van der Waals surface area contributed by atoms with Crippen LogP contribution in [0.15, 0.2) is 67.0 Å². The summed E-state index contributed by atoms with van der Waals surface area (Å²) in [5.74, 6) is 0.694. The van der Waals surface area contributed by atoms with Crippen LogP contribution < -0.4 is 10.1 Å². The van der Waals surface area contributed by atoms with E-state index >= 15 is 0 Å². The van der Waals surface area contributed by atoms with Crippen molar-refractivity contribution in [3.8, 4) is 5.88 Å². The first-order chi connectivity index (χ1) is 14.2. The molecule has 2 aliphatic rings. The second kappa shape index (κ2) is 7.46. The number of fused-ring (bicyclic) bond motifs is 1. The fraction of sp³-hybridized carbons (Fsp3) is 0.304. The second-order valence-electron chi connectivity index (χ2n) is 7.46. The lowest BCUT2D eigenvalue weighted by Gasteiger charge is -2.24. The van der Waals surface area contributed by atoms with Crippen molar-refractivity contribution in [2.24, 2.45) is 0 Å². The molecule has 1 aromatic heterocycles. The van der Waals surface area contributed by atoms with Gasteiger partial charge >= 0.3 is 0 Å². The second-order valence-corrected chi connectivity index (χ2v) is 7.46. The molecule has 148 valence electrons. The molecule has 2 atom stereocenters. The van der Waals surface area contributed by atoms with Crippen molar-refractivity contribution in [2.75, 3.05) is 25.1 Å². The summed E-state index contributed by atoms with van der Waals surface area (Å²) in [6.07, 6.45) is 1.37. The molecule has 1 fully saturated rings. The van der Waals surface area contributed by atoms with Gasteiger partial charge in [-0.3, -0.25) is 0 Å². The maximum Gasteiger partial charge on any atom is 0.223 e. The van der Waals surface area contributed by atoms with Gasteiger partial charge in [0.2, 0.25) is 5.88 Å². The van der Waals surface area contributed by atoms with Gasteiger partial charge in [0.25, 0.3) is 0 Å². The third-order valence-corrected chi connectivity index (χ3v) is 5.46. The number of aromatic nitrogens is 2. The molecule has 0 spiro atoms. The first-order valence-electron chi connectivity index (χ1n) is 9.87. The normalized spacial score (nSPS) is 22.1. The number of hydrogen-bond donors (Lipinski definition) is 1. The summed E-state index contributed by atoms with van der Waals surface area (Å²) in [5, 5.41) is 3.42. The molecule has 0 amide bonds. The molecule has 0 bridgehead atoms. The van der Waals surface area contributed by atoms with Crippen LogP contribution in [0, 0.1) is 0 Å². The highest BCUT2D eigenvalue weighted by molar-refractivity contribution is 5.58. The van der Waals surface area contributed by atoms with Gasteiger partial charge in [0.05, 0.1) is 31.2 Å². The fourth-order valence-electron chi connectivity index (χ4n) is 4.04.